The highest BCUT2D eigenvalue weighted by molar-refractivity contribution is 5.74. The summed E-state index contributed by atoms with van der Waals surface area (Å²) in [6.45, 7) is 8.45. The average Bonchev–Trinajstić information content (AvgIpc) is 2.87. The summed E-state index contributed by atoms with van der Waals surface area (Å²) in [5, 5.41) is 9.68. The van der Waals surface area contributed by atoms with E-state index in [9.17, 15) is 5.11 Å². The molecule has 0 fully saturated rings. The summed E-state index contributed by atoms with van der Waals surface area (Å²) in [5.41, 5.74) is 11.1. The van der Waals surface area contributed by atoms with E-state index < -0.39 is 0 Å². The first-order chi connectivity index (χ1) is 11.4. The minimum absolute atomic E-state index is 0.272. The topological polar surface area (TPSA) is 20.2 Å². The summed E-state index contributed by atoms with van der Waals surface area (Å²) < 4.78 is 0. The Bertz CT molecular complexity index is 781. The minimum atomic E-state index is -0.272. The predicted molar refractivity (Wildman–Crippen MR) is 102 cm³/mol. The Morgan fingerprint density at radius 2 is 1.67 bits per heavy atom. The van der Waals surface area contributed by atoms with E-state index in [4.69, 9.17) is 0 Å². The standard InChI is InChI=1S/C23H28O/c1-15-5-6-19(16(2)11-15)7-8-20-14-22-10-9-21(13-18(4)24)23(22)12-17(20)3/h5-6,9,11-12,14,18,24H,7-8,10,13H2,1-4H3. The van der Waals surface area contributed by atoms with Gasteiger partial charge in [-0.15, -0.1) is 0 Å². The van der Waals surface area contributed by atoms with E-state index in [1.807, 2.05) is 6.92 Å². The summed E-state index contributed by atoms with van der Waals surface area (Å²) in [4.78, 5) is 0. The van der Waals surface area contributed by atoms with Crippen molar-refractivity contribution in [2.45, 2.75) is 59.5 Å². The summed E-state index contributed by atoms with van der Waals surface area (Å²) in [7, 11) is 0. The maximum absolute atomic E-state index is 9.68. The van der Waals surface area contributed by atoms with Gasteiger partial charge in [-0.1, -0.05) is 42.0 Å². The molecule has 1 atom stereocenters. The van der Waals surface area contributed by atoms with Gasteiger partial charge >= 0.3 is 0 Å². The van der Waals surface area contributed by atoms with Gasteiger partial charge in [-0.2, -0.15) is 0 Å². The van der Waals surface area contributed by atoms with Gasteiger partial charge in [0, 0.05) is 0 Å². The smallest absolute Gasteiger partial charge is 0.0552 e. The van der Waals surface area contributed by atoms with E-state index in [2.05, 4.69) is 57.2 Å². The molecule has 126 valence electrons. The van der Waals surface area contributed by atoms with Crippen LogP contribution in [-0.4, -0.2) is 11.2 Å². The molecule has 1 nitrogen and oxygen atoms in total. The van der Waals surface area contributed by atoms with Gasteiger partial charge < -0.3 is 5.11 Å². The van der Waals surface area contributed by atoms with Gasteiger partial charge in [-0.3, -0.25) is 0 Å². The van der Waals surface area contributed by atoms with Gasteiger partial charge in [0.15, 0.2) is 0 Å². The molecule has 0 bridgehead atoms. The van der Waals surface area contributed by atoms with Gasteiger partial charge in [-0.25, -0.2) is 0 Å². The van der Waals surface area contributed by atoms with Crippen molar-refractivity contribution in [3.8, 4) is 0 Å². The molecule has 1 aliphatic rings. The number of benzene rings is 2. The second kappa shape index (κ2) is 6.94. The molecule has 0 saturated heterocycles. The third-order valence-corrected chi connectivity index (χ3v) is 5.15. The highest BCUT2D eigenvalue weighted by atomic mass is 16.3. The summed E-state index contributed by atoms with van der Waals surface area (Å²) in [6.07, 6.45) is 5.97. The molecule has 1 N–H and O–H groups in total. The van der Waals surface area contributed by atoms with Gasteiger partial charge in [0.25, 0.3) is 0 Å². The van der Waals surface area contributed by atoms with Crippen LogP contribution >= 0.6 is 0 Å². The average molecular weight is 320 g/mol. The highest BCUT2D eigenvalue weighted by Crippen LogP contribution is 2.33. The van der Waals surface area contributed by atoms with Crippen molar-refractivity contribution in [1.29, 1.82) is 0 Å². The first-order valence-electron chi connectivity index (χ1n) is 9.00. The van der Waals surface area contributed by atoms with Crippen LogP contribution in [0.4, 0.5) is 0 Å². The van der Waals surface area contributed by atoms with Crippen molar-refractivity contribution < 1.29 is 5.11 Å². The summed E-state index contributed by atoms with van der Waals surface area (Å²) >= 11 is 0. The number of hydrogen-bond acceptors (Lipinski definition) is 1. The normalized spacial score (nSPS) is 14.5. The molecule has 0 radical (unpaired) electrons. The predicted octanol–water partition coefficient (Wildman–Crippen LogP) is 5.11. The Labute approximate surface area is 146 Å². The molecule has 24 heavy (non-hydrogen) atoms. The Kier molecular flexibility index (Phi) is 4.91. The molecule has 1 aliphatic carbocycles. The lowest BCUT2D eigenvalue weighted by Crippen LogP contribution is -2.02. The lowest BCUT2D eigenvalue weighted by Gasteiger charge is -2.14. The lowest BCUT2D eigenvalue weighted by molar-refractivity contribution is 0.201. The Balaban J connectivity index is 1.77. The molecule has 0 heterocycles. The zero-order valence-electron chi connectivity index (χ0n) is 15.3. The van der Waals surface area contributed by atoms with E-state index in [1.54, 1.807) is 0 Å². The quantitative estimate of drug-likeness (QED) is 0.812. The van der Waals surface area contributed by atoms with E-state index in [0.717, 1.165) is 25.7 Å². The molecule has 0 amide bonds. The number of aryl methyl sites for hydroxylation is 5. The van der Waals surface area contributed by atoms with Crippen LogP contribution in [0.25, 0.3) is 5.57 Å². The van der Waals surface area contributed by atoms with E-state index >= 15 is 0 Å². The molecular formula is C23H28O. The van der Waals surface area contributed by atoms with E-state index in [-0.39, 0.29) is 6.10 Å². The van der Waals surface area contributed by atoms with Gasteiger partial charge in [0.05, 0.1) is 6.10 Å². The third-order valence-electron chi connectivity index (χ3n) is 5.15. The molecule has 2 aromatic carbocycles. The number of hydrogen-bond donors (Lipinski definition) is 1. The Morgan fingerprint density at radius 3 is 2.38 bits per heavy atom. The van der Waals surface area contributed by atoms with Gasteiger partial charge in [-0.05, 0) is 92.3 Å². The van der Waals surface area contributed by atoms with Crippen molar-refractivity contribution in [1.82, 2.24) is 0 Å². The zero-order chi connectivity index (χ0) is 17.3. The zero-order valence-corrected chi connectivity index (χ0v) is 15.3. The Hall–Kier alpha value is -1.86. The number of rotatable bonds is 5. The van der Waals surface area contributed by atoms with Crippen LogP contribution in [0.5, 0.6) is 0 Å². The second-order valence-corrected chi connectivity index (χ2v) is 7.35. The van der Waals surface area contributed by atoms with Gasteiger partial charge in [0.2, 0.25) is 0 Å². The second-order valence-electron chi connectivity index (χ2n) is 7.35. The Morgan fingerprint density at radius 1 is 0.958 bits per heavy atom. The SMILES string of the molecule is Cc1ccc(CCc2cc3c(cc2C)C(CC(C)O)=CC3)c(C)c1. The maximum Gasteiger partial charge on any atom is 0.0552 e. The van der Waals surface area contributed by atoms with Crippen LogP contribution in [0.2, 0.25) is 0 Å². The molecule has 0 saturated carbocycles. The number of fused-ring (bicyclic) bond motifs is 1. The number of aliphatic hydroxyl groups is 1. The van der Waals surface area contributed by atoms with Crippen LogP contribution in [0, 0.1) is 20.8 Å². The first-order valence-corrected chi connectivity index (χ1v) is 9.00. The van der Waals surface area contributed by atoms with Gasteiger partial charge in [0.1, 0.15) is 0 Å². The molecular weight excluding hydrogens is 292 g/mol. The molecule has 3 rings (SSSR count). The van der Waals surface area contributed by atoms with Crippen LogP contribution in [0.15, 0.2) is 36.4 Å². The van der Waals surface area contributed by atoms with E-state index in [0.29, 0.717) is 0 Å². The molecule has 0 aromatic heterocycles. The van der Waals surface area contributed by atoms with Crippen LogP contribution < -0.4 is 0 Å². The molecule has 1 unspecified atom stereocenters. The summed E-state index contributed by atoms with van der Waals surface area (Å²) in [6, 6.07) is 11.5. The largest absolute Gasteiger partial charge is 0.393 e. The fraction of sp³-hybridized carbons (Fsp3) is 0.391. The molecule has 0 aliphatic heterocycles. The monoisotopic (exact) mass is 320 g/mol. The van der Waals surface area contributed by atoms with Crippen molar-refractivity contribution in [2.75, 3.05) is 0 Å². The fourth-order valence-electron chi connectivity index (χ4n) is 3.79. The van der Waals surface area contributed by atoms with Crippen LogP contribution in [0.1, 0.15) is 52.3 Å². The van der Waals surface area contributed by atoms with E-state index in [1.165, 1.54) is 44.5 Å². The first kappa shape index (κ1) is 17.0. The number of aliphatic hydroxyl groups excluding tert-OH is 1. The van der Waals surface area contributed by atoms with Crippen molar-refractivity contribution >= 4 is 5.57 Å². The third kappa shape index (κ3) is 3.62. The van der Waals surface area contributed by atoms with Crippen LogP contribution in [-0.2, 0) is 19.3 Å². The van der Waals surface area contributed by atoms with Crippen molar-refractivity contribution in [2.24, 2.45) is 0 Å². The maximum atomic E-state index is 9.68. The summed E-state index contributed by atoms with van der Waals surface area (Å²) in [5.74, 6) is 0. The molecule has 1 heteroatoms. The van der Waals surface area contributed by atoms with Crippen molar-refractivity contribution in [3.63, 3.8) is 0 Å². The van der Waals surface area contributed by atoms with Crippen molar-refractivity contribution in [3.05, 3.63) is 75.4 Å². The molecule has 0 spiro atoms. The lowest BCUT2D eigenvalue weighted by atomic mass is 9.92. The van der Waals surface area contributed by atoms with Crippen LogP contribution in [0.3, 0.4) is 0 Å². The fourth-order valence-corrected chi connectivity index (χ4v) is 3.79. The minimum Gasteiger partial charge on any atom is -0.393 e. The molecule has 2 aromatic rings. The number of allylic oxidation sites excluding steroid dienone is 1. The highest BCUT2D eigenvalue weighted by Gasteiger charge is 2.17.